The van der Waals surface area contributed by atoms with E-state index in [1.54, 1.807) is 0 Å². The van der Waals surface area contributed by atoms with Crippen LogP contribution in [0.5, 0.6) is 17.2 Å². The fourth-order valence-corrected chi connectivity index (χ4v) is 9.52. The first kappa shape index (κ1) is 31.0. The molecule has 0 aromatic heterocycles. The molecule has 4 amide bonds. The lowest BCUT2D eigenvalue weighted by atomic mass is 9.56. The minimum absolute atomic E-state index is 0.0703. The zero-order valence-corrected chi connectivity index (χ0v) is 26.8. The van der Waals surface area contributed by atoms with E-state index in [-0.39, 0.29) is 59.2 Å². The van der Waals surface area contributed by atoms with Gasteiger partial charge in [0, 0.05) is 29.7 Å². The summed E-state index contributed by atoms with van der Waals surface area (Å²) in [6.07, 6.45) is 6.21. The minimum atomic E-state index is -2.21. The van der Waals surface area contributed by atoms with Crippen molar-refractivity contribution in [1.29, 1.82) is 0 Å². The molecule has 3 aliphatic carbocycles. The van der Waals surface area contributed by atoms with Gasteiger partial charge in [0.2, 0.25) is 11.8 Å². The number of allylic oxidation sites excluding steroid dienone is 2. The Balaban J connectivity index is 1.42. The van der Waals surface area contributed by atoms with E-state index in [0.717, 1.165) is 49.1 Å². The third-order valence-electron chi connectivity index (χ3n) is 10.7. The smallest absolute Gasteiger partial charge is 0.258 e. The monoisotopic (exact) mass is 670 g/mol. The Morgan fingerprint density at radius 2 is 1.61 bits per heavy atom. The molecule has 7 rings (SSSR count). The molecular weight excluding hydrogens is 638 g/mol. The van der Waals surface area contributed by atoms with E-state index in [1.165, 1.54) is 43.4 Å². The summed E-state index contributed by atoms with van der Waals surface area (Å²) in [5.41, 5.74) is 0.696. The average Bonchev–Trinajstić information content (AvgIpc) is 3.39. The van der Waals surface area contributed by atoms with E-state index >= 15 is 0 Å². The average molecular weight is 672 g/mol. The van der Waals surface area contributed by atoms with Crippen molar-refractivity contribution in [2.75, 3.05) is 19.1 Å². The Morgan fingerprint density at radius 1 is 0.913 bits per heavy atom. The number of carbonyl (C=O) groups excluding carboxylic acids is 4. The summed E-state index contributed by atoms with van der Waals surface area (Å²) in [5, 5.41) is 11.5. The Morgan fingerprint density at radius 3 is 2.26 bits per heavy atom. The molecule has 5 aliphatic rings. The third kappa shape index (κ3) is 4.11. The maximum Gasteiger partial charge on any atom is 0.258 e. The second-order valence-corrected chi connectivity index (χ2v) is 14.1. The zero-order valence-electron chi connectivity index (χ0n) is 25.3. The maximum atomic E-state index is 14.5. The summed E-state index contributed by atoms with van der Waals surface area (Å²) in [5.74, 6) is -6.21. The van der Waals surface area contributed by atoms with Crippen LogP contribution in [-0.2, 0) is 19.2 Å². The van der Waals surface area contributed by atoms with E-state index in [9.17, 15) is 28.7 Å². The number of hydrogen-bond donors (Lipinski definition) is 1. The molecule has 0 spiro atoms. The number of hydrogen-bond acceptors (Lipinski definition) is 7. The predicted octanol–water partition coefficient (Wildman–Crippen LogP) is 5.44. The molecule has 242 valence electrons. The normalized spacial score (nSPS) is 32.7. The molecule has 46 heavy (non-hydrogen) atoms. The number of aromatic hydroxyl groups is 1. The molecule has 2 saturated carbocycles. The molecular formula is C34H33Cl2FN2O7. The van der Waals surface area contributed by atoms with E-state index in [1.807, 2.05) is 6.08 Å². The third-order valence-corrected chi connectivity index (χ3v) is 12.1. The van der Waals surface area contributed by atoms with Gasteiger partial charge >= 0.3 is 0 Å². The first-order chi connectivity index (χ1) is 22.0. The van der Waals surface area contributed by atoms with Crippen LogP contribution in [0.25, 0.3) is 0 Å². The van der Waals surface area contributed by atoms with Crippen LogP contribution in [0.2, 0.25) is 0 Å². The van der Waals surface area contributed by atoms with Gasteiger partial charge in [-0.2, -0.15) is 0 Å². The molecule has 12 heteroatoms. The first-order valence-corrected chi connectivity index (χ1v) is 16.3. The quantitative estimate of drug-likeness (QED) is 0.256. The van der Waals surface area contributed by atoms with Gasteiger partial charge in [-0.05, 0) is 55.9 Å². The van der Waals surface area contributed by atoms with Gasteiger partial charge in [0.05, 0.1) is 31.7 Å². The van der Waals surface area contributed by atoms with Gasteiger partial charge in [0.25, 0.3) is 11.8 Å². The van der Waals surface area contributed by atoms with Crippen molar-refractivity contribution in [1.82, 2.24) is 4.90 Å². The molecule has 0 bridgehead atoms. The van der Waals surface area contributed by atoms with E-state index < -0.39 is 51.1 Å². The predicted molar refractivity (Wildman–Crippen MR) is 167 cm³/mol. The minimum Gasteiger partial charge on any atom is -0.507 e. The van der Waals surface area contributed by atoms with Crippen LogP contribution >= 0.6 is 23.2 Å². The number of alkyl halides is 2. The molecule has 2 aromatic carbocycles. The van der Waals surface area contributed by atoms with Crippen LogP contribution in [-0.4, -0.2) is 63.6 Å². The topological polar surface area (TPSA) is 113 Å². The Bertz CT molecular complexity index is 1690. The lowest BCUT2D eigenvalue weighted by Crippen LogP contribution is -2.60. The lowest BCUT2D eigenvalue weighted by molar-refractivity contribution is -0.143. The number of amides is 4. The Hall–Kier alpha value is -3.63. The fraction of sp³-hybridized carbons (Fsp3) is 0.471. The Kier molecular flexibility index (Phi) is 7.40. The van der Waals surface area contributed by atoms with E-state index in [2.05, 4.69) is 0 Å². The second kappa shape index (κ2) is 11.0. The lowest BCUT2D eigenvalue weighted by Gasteiger charge is -2.51. The highest BCUT2D eigenvalue weighted by Gasteiger charge is 2.77. The molecule has 2 saturated heterocycles. The Labute approximate surface area is 275 Å². The summed E-state index contributed by atoms with van der Waals surface area (Å²) >= 11 is 14.8. The molecule has 1 N–H and O–H groups in total. The number of fused-ring (bicyclic) bond motifs is 4. The number of likely N-dealkylation sites (tertiary alicyclic amines) is 1. The van der Waals surface area contributed by atoms with Crippen molar-refractivity contribution in [2.24, 2.45) is 17.8 Å². The number of phenols is 1. The number of imide groups is 2. The molecule has 2 aliphatic heterocycles. The van der Waals surface area contributed by atoms with E-state index in [4.69, 9.17) is 32.7 Å². The molecule has 4 fully saturated rings. The summed E-state index contributed by atoms with van der Waals surface area (Å²) in [7, 11) is 2.80. The number of ether oxygens (including phenoxy) is 2. The van der Waals surface area contributed by atoms with Crippen LogP contribution in [0, 0.1) is 23.6 Å². The first-order valence-electron chi connectivity index (χ1n) is 15.5. The molecule has 0 radical (unpaired) electrons. The number of nitrogens with zero attached hydrogens (tertiary/aromatic N) is 2. The van der Waals surface area contributed by atoms with Crippen LogP contribution in [0.15, 0.2) is 48.0 Å². The van der Waals surface area contributed by atoms with Gasteiger partial charge in [0.1, 0.15) is 23.1 Å². The molecule has 6 atom stereocenters. The fourth-order valence-electron chi connectivity index (χ4n) is 8.60. The van der Waals surface area contributed by atoms with Crippen molar-refractivity contribution in [3.8, 4) is 17.2 Å². The molecule has 2 aromatic rings. The largest absolute Gasteiger partial charge is 0.507 e. The van der Waals surface area contributed by atoms with Gasteiger partial charge in [0.15, 0.2) is 9.75 Å². The number of phenolic OH excluding ortho intramolecular Hbond substituents is 1. The number of benzene rings is 2. The highest BCUT2D eigenvalue weighted by Crippen LogP contribution is 2.67. The van der Waals surface area contributed by atoms with Crippen molar-refractivity contribution in [3.63, 3.8) is 0 Å². The highest BCUT2D eigenvalue weighted by molar-refractivity contribution is 6.58. The summed E-state index contributed by atoms with van der Waals surface area (Å²) < 4.78 is 24.9. The van der Waals surface area contributed by atoms with E-state index in [0.29, 0.717) is 5.57 Å². The molecule has 9 nitrogen and oxygen atoms in total. The SMILES string of the molecule is COc1cc(O)c(C2C3=CCC4C(=O)N(C5CCCCC5)C(=O)C4C3CC3(Cl)C(=O)N(c4ccc(F)cc4)C(=O)C23Cl)c(OC)c1. The standard InChI is InChI=1S/C34H33Cl2FN2O7/c1-45-20-14-24(40)27(25(15-20)46-2)28-21-12-13-22-26(30(42)38(29(22)41)18-6-4-3-5-7-18)23(21)16-33(35)31(43)39(32(44)34(28,33)36)19-10-8-17(37)9-11-19/h8-12,14-15,18,22-23,26,28,40H,3-7,13,16H2,1-2H3. The number of carbonyl (C=O) groups is 4. The summed E-state index contributed by atoms with van der Waals surface area (Å²) in [6, 6.07) is 7.48. The van der Waals surface area contributed by atoms with Crippen molar-refractivity contribution in [2.45, 2.75) is 66.7 Å². The number of methoxy groups -OCH3 is 2. The van der Waals surface area contributed by atoms with Gasteiger partial charge in [-0.25, -0.2) is 9.29 Å². The maximum absolute atomic E-state index is 14.5. The summed E-state index contributed by atoms with van der Waals surface area (Å²) in [6.45, 7) is 0. The van der Waals surface area contributed by atoms with Gasteiger partial charge in [-0.15, -0.1) is 23.2 Å². The van der Waals surface area contributed by atoms with Gasteiger partial charge in [-0.1, -0.05) is 30.9 Å². The molecule has 2 heterocycles. The van der Waals surface area contributed by atoms with Crippen molar-refractivity contribution >= 4 is 52.5 Å². The van der Waals surface area contributed by atoms with Crippen LogP contribution < -0.4 is 14.4 Å². The number of halogens is 3. The van der Waals surface area contributed by atoms with Gasteiger partial charge < -0.3 is 14.6 Å². The number of anilines is 1. The van der Waals surface area contributed by atoms with Crippen LogP contribution in [0.4, 0.5) is 10.1 Å². The van der Waals surface area contributed by atoms with Crippen molar-refractivity contribution in [3.05, 3.63) is 59.4 Å². The van der Waals surface area contributed by atoms with Crippen LogP contribution in [0.1, 0.15) is 56.4 Å². The highest BCUT2D eigenvalue weighted by atomic mass is 35.5. The van der Waals surface area contributed by atoms with Gasteiger partial charge in [-0.3, -0.25) is 24.1 Å². The summed E-state index contributed by atoms with van der Waals surface area (Å²) in [4.78, 5) is 55.0. The zero-order chi connectivity index (χ0) is 32.7. The van der Waals surface area contributed by atoms with Crippen LogP contribution in [0.3, 0.4) is 0 Å². The number of rotatable bonds is 5. The second-order valence-electron chi connectivity index (χ2n) is 12.9. The molecule has 6 unspecified atom stereocenters. The van der Waals surface area contributed by atoms with Crippen molar-refractivity contribution < 1.29 is 38.1 Å².